The number of hydrogen-bond acceptors (Lipinski definition) is 6. The van der Waals surface area contributed by atoms with E-state index < -0.39 is 12.1 Å². The maximum Gasteiger partial charge on any atom is 0.352 e. The lowest BCUT2D eigenvalue weighted by Gasteiger charge is -2.29. The topological polar surface area (TPSA) is 162 Å². The van der Waals surface area contributed by atoms with Crippen LogP contribution in [-0.4, -0.2) is 49.1 Å². The smallest absolute Gasteiger partial charge is 0.352 e. The quantitative estimate of drug-likeness (QED) is 0.190. The number of fused-ring (bicyclic) bond motifs is 1. The minimum Gasteiger partial charge on any atom is -0.492 e. The second-order valence-electron chi connectivity index (χ2n) is 7.46. The van der Waals surface area contributed by atoms with Gasteiger partial charge in [-0.25, -0.2) is 4.79 Å². The number of nitrogens with one attached hydrogen (secondary N) is 1. The minimum atomic E-state index is -0.939. The Morgan fingerprint density at radius 2 is 1.85 bits per heavy atom. The summed E-state index contributed by atoms with van der Waals surface area (Å²) in [6.45, 7) is 3.88. The largest absolute Gasteiger partial charge is 0.492 e. The van der Waals surface area contributed by atoms with Crippen molar-refractivity contribution >= 4 is 17.9 Å². The SMILES string of the molecule is CCOC(=O)C(Oc1ccc2c(c1)CN(C(=N)N)CC2)c1ccc(OCCN=C(N)N)cc1. The second kappa shape index (κ2) is 11.1. The van der Waals surface area contributed by atoms with E-state index in [1.54, 1.807) is 36.1 Å². The first-order chi connectivity index (χ1) is 15.9. The van der Waals surface area contributed by atoms with Gasteiger partial charge in [-0.15, -0.1) is 0 Å². The lowest BCUT2D eigenvalue weighted by molar-refractivity contribution is -0.151. The lowest BCUT2D eigenvalue weighted by atomic mass is 9.99. The first-order valence-electron chi connectivity index (χ1n) is 10.7. The highest BCUT2D eigenvalue weighted by molar-refractivity contribution is 5.77. The molecular formula is C23H30N6O4. The van der Waals surface area contributed by atoms with Gasteiger partial charge in [0.2, 0.25) is 6.10 Å². The Balaban J connectivity index is 1.74. The van der Waals surface area contributed by atoms with Gasteiger partial charge in [0.15, 0.2) is 11.9 Å². The van der Waals surface area contributed by atoms with Crippen molar-refractivity contribution < 1.29 is 19.0 Å². The van der Waals surface area contributed by atoms with E-state index in [-0.39, 0.29) is 18.5 Å². The molecule has 3 rings (SSSR count). The number of rotatable bonds is 9. The van der Waals surface area contributed by atoms with E-state index in [0.29, 0.717) is 43.3 Å². The van der Waals surface area contributed by atoms with Gasteiger partial charge < -0.3 is 36.3 Å². The Morgan fingerprint density at radius 1 is 1.12 bits per heavy atom. The zero-order valence-electron chi connectivity index (χ0n) is 18.6. The average Bonchev–Trinajstić information content (AvgIpc) is 2.80. The molecule has 1 aliphatic heterocycles. The zero-order valence-corrected chi connectivity index (χ0v) is 18.6. The average molecular weight is 455 g/mol. The van der Waals surface area contributed by atoms with Crippen LogP contribution in [0.25, 0.3) is 0 Å². The Kier molecular flexibility index (Phi) is 7.96. The van der Waals surface area contributed by atoms with Gasteiger partial charge in [-0.2, -0.15) is 0 Å². The van der Waals surface area contributed by atoms with Crippen LogP contribution >= 0.6 is 0 Å². The number of nitrogens with two attached hydrogens (primary N) is 3. The van der Waals surface area contributed by atoms with Crippen LogP contribution < -0.4 is 26.7 Å². The third-order valence-corrected chi connectivity index (χ3v) is 5.12. The molecule has 33 heavy (non-hydrogen) atoms. The molecule has 0 radical (unpaired) electrons. The van der Waals surface area contributed by atoms with E-state index in [0.717, 1.165) is 12.0 Å². The highest BCUT2D eigenvalue weighted by Crippen LogP contribution is 2.29. The summed E-state index contributed by atoms with van der Waals surface area (Å²) in [6, 6.07) is 12.7. The van der Waals surface area contributed by atoms with Crippen LogP contribution in [0.4, 0.5) is 0 Å². The summed E-state index contributed by atoms with van der Waals surface area (Å²) in [7, 11) is 0. The van der Waals surface area contributed by atoms with E-state index in [1.807, 2.05) is 18.2 Å². The summed E-state index contributed by atoms with van der Waals surface area (Å²) >= 11 is 0. The number of ether oxygens (including phenoxy) is 3. The van der Waals surface area contributed by atoms with Crippen molar-refractivity contribution in [1.82, 2.24) is 4.90 Å². The van der Waals surface area contributed by atoms with Crippen LogP contribution in [0, 0.1) is 5.41 Å². The molecule has 0 spiro atoms. The molecule has 0 bridgehead atoms. The summed E-state index contributed by atoms with van der Waals surface area (Å²) < 4.78 is 16.9. The first kappa shape index (κ1) is 23.7. The third-order valence-electron chi connectivity index (χ3n) is 5.12. The number of nitrogens with zero attached hydrogens (tertiary/aromatic N) is 2. The van der Waals surface area contributed by atoms with Crippen molar-refractivity contribution in [3.8, 4) is 11.5 Å². The highest BCUT2D eigenvalue weighted by Gasteiger charge is 2.25. The molecule has 0 amide bonds. The fraction of sp³-hybridized carbons (Fsp3) is 0.348. The van der Waals surface area contributed by atoms with Crippen molar-refractivity contribution in [2.24, 2.45) is 22.2 Å². The molecule has 0 saturated carbocycles. The molecular weight excluding hydrogens is 424 g/mol. The Labute approximate surface area is 192 Å². The summed E-state index contributed by atoms with van der Waals surface area (Å²) in [5.74, 6) is 0.721. The Hall–Kier alpha value is -3.95. The third kappa shape index (κ3) is 6.52. The van der Waals surface area contributed by atoms with Crippen molar-refractivity contribution in [3.05, 3.63) is 59.2 Å². The number of carbonyl (C=O) groups excluding carboxylic acids is 1. The monoisotopic (exact) mass is 454 g/mol. The molecule has 1 unspecified atom stereocenters. The van der Waals surface area contributed by atoms with Crippen LogP contribution in [0.3, 0.4) is 0 Å². The minimum absolute atomic E-state index is 0.0135. The molecule has 10 heteroatoms. The fourth-order valence-electron chi connectivity index (χ4n) is 3.50. The van der Waals surface area contributed by atoms with Gasteiger partial charge in [-0.1, -0.05) is 18.2 Å². The molecule has 0 aromatic heterocycles. The number of carbonyl (C=O) groups is 1. The number of esters is 1. The molecule has 1 aliphatic rings. The van der Waals surface area contributed by atoms with Crippen molar-refractivity contribution in [2.45, 2.75) is 26.0 Å². The molecule has 176 valence electrons. The molecule has 1 atom stereocenters. The molecule has 10 nitrogen and oxygen atoms in total. The summed E-state index contributed by atoms with van der Waals surface area (Å²) in [5, 5.41) is 7.68. The van der Waals surface area contributed by atoms with Gasteiger partial charge in [-0.3, -0.25) is 10.4 Å². The van der Waals surface area contributed by atoms with Crippen molar-refractivity contribution in [1.29, 1.82) is 5.41 Å². The molecule has 0 aliphatic carbocycles. The fourth-order valence-corrected chi connectivity index (χ4v) is 3.50. The van der Waals surface area contributed by atoms with E-state index >= 15 is 0 Å². The van der Waals surface area contributed by atoms with Gasteiger partial charge in [0.25, 0.3) is 0 Å². The van der Waals surface area contributed by atoms with Crippen LogP contribution in [0.2, 0.25) is 0 Å². The van der Waals surface area contributed by atoms with Crippen LogP contribution in [0.1, 0.15) is 29.7 Å². The molecule has 2 aromatic carbocycles. The normalized spacial score (nSPS) is 13.4. The standard InChI is InChI=1S/C23H30N6O4/c1-2-31-21(30)20(16-4-6-18(7-5-16)32-12-10-28-22(24)25)33-19-8-3-15-9-11-29(23(26)27)14-17(15)13-19/h3-8,13,20H,2,9-12,14H2,1H3,(H3,26,27)(H4,24,25,28). The van der Waals surface area contributed by atoms with E-state index in [4.69, 9.17) is 36.8 Å². The van der Waals surface area contributed by atoms with E-state index in [1.165, 1.54) is 5.56 Å². The van der Waals surface area contributed by atoms with Crippen LogP contribution in [-0.2, 0) is 22.5 Å². The predicted octanol–water partition coefficient (Wildman–Crippen LogP) is 1.27. The number of hydrogen-bond donors (Lipinski definition) is 4. The van der Waals surface area contributed by atoms with Crippen LogP contribution in [0.5, 0.6) is 11.5 Å². The second-order valence-corrected chi connectivity index (χ2v) is 7.46. The molecule has 7 N–H and O–H groups in total. The van der Waals surface area contributed by atoms with Crippen molar-refractivity contribution in [3.63, 3.8) is 0 Å². The molecule has 1 heterocycles. The molecule has 0 saturated heterocycles. The van der Waals surface area contributed by atoms with Gasteiger partial charge in [-0.05, 0) is 48.7 Å². The van der Waals surface area contributed by atoms with Gasteiger partial charge in [0.05, 0.1) is 13.2 Å². The van der Waals surface area contributed by atoms with E-state index in [9.17, 15) is 4.79 Å². The highest BCUT2D eigenvalue weighted by atomic mass is 16.6. The predicted molar refractivity (Wildman–Crippen MR) is 125 cm³/mol. The molecule has 0 fully saturated rings. The van der Waals surface area contributed by atoms with E-state index in [2.05, 4.69) is 4.99 Å². The Bertz CT molecular complexity index is 1000. The van der Waals surface area contributed by atoms with Gasteiger partial charge >= 0.3 is 5.97 Å². The maximum absolute atomic E-state index is 12.7. The molecule has 2 aromatic rings. The summed E-state index contributed by atoms with van der Waals surface area (Å²) in [4.78, 5) is 18.3. The number of benzene rings is 2. The van der Waals surface area contributed by atoms with Gasteiger partial charge in [0.1, 0.15) is 18.1 Å². The number of guanidine groups is 2. The maximum atomic E-state index is 12.7. The Morgan fingerprint density at radius 3 is 2.52 bits per heavy atom. The first-order valence-corrected chi connectivity index (χ1v) is 10.7. The number of aliphatic imine (C=N–C) groups is 1. The van der Waals surface area contributed by atoms with Crippen molar-refractivity contribution in [2.75, 3.05) is 26.3 Å². The summed E-state index contributed by atoms with van der Waals surface area (Å²) in [6.07, 6.45) is -0.146. The lowest BCUT2D eigenvalue weighted by Crippen LogP contribution is -2.40. The zero-order chi connectivity index (χ0) is 23.8. The summed E-state index contributed by atoms with van der Waals surface area (Å²) in [5.41, 5.74) is 19.1. The van der Waals surface area contributed by atoms with Crippen LogP contribution in [0.15, 0.2) is 47.5 Å². The van der Waals surface area contributed by atoms with Gasteiger partial charge in [0, 0.05) is 18.7 Å².